The van der Waals surface area contributed by atoms with Gasteiger partial charge in [-0.25, -0.2) is 4.98 Å². The molecule has 2 heterocycles. The van der Waals surface area contributed by atoms with E-state index < -0.39 is 0 Å². The van der Waals surface area contributed by atoms with Gasteiger partial charge in [0.2, 0.25) is 0 Å². The highest BCUT2D eigenvalue weighted by Gasteiger charge is 2.31. The number of fused-ring (bicyclic) bond motifs is 1. The lowest BCUT2D eigenvalue weighted by atomic mass is 9.89. The average Bonchev–Trinajstić information content (AvgIpc) is 2.24. The first-order valence-electron chi connectivity index (χ1n) is 7.09. The minimum Gasteiger partial charge on any atom is -0.325 e. The molecule has 0 amide bonds. The summed E-state index contributed by atoms with van der Waals surface area (Å²) in [5.74, 6) is 1.11. The van der Waals surface area contributed by atoms with Crippen molar-refractivity contribution in [1.82, 2.24) is 4.98 Å². The maximum Gasteiger partial charge on any atom is 0.136 e. The Morgan fingerprint density at radius 3 is 2.21 bits per heavy atom. The van der Waals surface area contributed by atoms with Gasteiger partial charge in [0.05, 0.1) is 0 Å². The van der Waals surface area contributed by atoms with Crippen molar-refractivity contribution in [2.45, 2.75) is 65.3 Å². The summed E-state index contributed by atoms with van der Waals surface area (Å²) < 4.78 is 0. The second-order valence-corrected chi connectivity index (χ2v) is 7.50. The van der Waals surface area contributed by atoms with Gasteiger partial charge < -0.3 is 4.90 Å². The Hall–Kier alpha value is -1.31. The van der Waals surface area contributed by atoms with Crippen LogP contribution in [-0.2, 0) is 11.8 Å². The van der Waals surface area contributed by atoms with Gasteiger partial charge in [0.25, 0.3) is 0 Å². The lowest BCUT2D eigenvalue weighted by Gasteiger charge is -2.42. The number of hydrogen-bond acceptors (Lipinski definition) is 2. The molecule has 0 fully saturated rings. The smallest absolute Gasteiger partial charge is 0.136 e. The fourth-order valence-electron chi connectivity index (χ4n) is 2.62. The number of hydrogen-bond donors (Lipinski definition) is 0. The van der Waals surface area contributed by atoms with E-state index >= 15 is 0 Å². The predicted molar refractivity (Wildman–Crippen MR) is 82.6 cm³/mol. The third-order valence-electron chi connectivity index (χ3n) is 3.61. The maximum absolute atomic E-state index is 4.95. The second-order valence-electron chi connectivity index (χ2n) is 7.50. The van der Waals surface area contributed by atoms with E-state index in [4.69, 9.17) is 4.98 Å². The first-order valence-corrected chi connectivity index (χ1v) is 7.09. The molecule has 104 valence electrons. The highest BCUT2D eigenvalue weighted by Crippen LogP contribution is 2.37. The molecule has 0 unspecified atom stereocenters. The van der Waals surface area contributed by atoms with Crippen molar-refractivity contribution < 1.29 is 0 Å². The lowest BCUT2D eigenvalue weighted by molar-refractivity contribution is 0.509. The summed E-state index contributed by atoms with van der Waals surface area (Å²) >= 11 is 0. The number of nitrogens with zero attached hydrogens (tertiary/aromatic N) is 2. The van der Waals surface area contributed by atoms with Crippen LogP contribution in [0.15, 0.2) is 24.4 Å². The van der Waals surface area contributed by atoms with Crippen LogP contribution in [0.4, 0.5) is 5.82 Å². The summed E-state index contributed by atoms with van der Waals surface area (Å²) in [4.78, 5) is 7.25. The molecule has 1 aliphatic heterocycles. The van der Waals surface area contributed by atoms with Gasteiger partial charge in [0.1, 0.15) is 5.82 Å². The minimum absolute atomic E-state index is 0.0236. The topological polar surface area (TPSA) is 16.1 Å². The van der Waals surface area contributed by atoms with Gasteiger partial charge in [-0.05, 0) is 45.2 Å². The minimum atomic E-state index is 0.0236. The molecule has 0 bridgehead atoms. The fraction of sp³-hybridized carbons (Fsp3) is 0.588. The van der Waals surface area contributed by atoms with Crippen molar-refractivity contribution in [3.63, 3.8) is 0 Å². The molecule has 1 aliphatic rings. The molecule has 0 saturated carbocycles. The van der Waals surface area contributed by atoms with Crippen molar-refractivity contribution in [2.75, 3.05) is 4.90 Å². The number of aryl methyl sites for hydroxylation is 1. The van der Waals surface area contributed by atoms with Crippen molar-refractivity contribution in [1.29, 1.82) is 0 Å². The fourth-order valence-corrected chi connectivity index (χ4v) is 2.62. The van der Waals surface area contributed by atoms with Gasteiger partial charge in [0, 0.05) is 22.3 Å². The van der Waals surface area contributed by atoms with E-state index in [1.54, 1.807) is 0 Å². The molecule has 2 rings (SSSR count). The normalized spacial score (nSPS) is 16.5. The average molecular weight is 258 g/mol. The van der Waals surface area contributed by atoms with E-state index in [0.717, 1.165) is 24.4 Å². The zero-order valence-corrected chi connectivity index (χ0v) is 13.2. The van der Waals surface area contributed by atoms with Gasteiger partial charge in [0.15, 0.2) is 0 Å². The van der Waals surface area contributed by atoms with Gasteiger partial charge in [-0.1, -0.05) is 33.4 Å². The third kappa shape index (κ3) is 2.68. The summed E-state index contributed by atoms with van der Waals surface area (Å²) in [5, 5.41) is 0. The largest absolute Gasteiger partial charge is 0.325 e. The molecular weight excluding hydrogens is 232 g/mol. The second kappa shape index (κ2) is 4.36. The van der Waals surface area contributed by atoms with E-state index in [1.807, 2.05) is 0 Å². The highest BCUT2D eigenvalue weighted by atomic mass is 15.3. The monoisotopic (exact) mass is 258 g/mol. The molecule has 0 saturated heterocycles. The molecule has 19 heavy (non-hydrogen) atoms. The SMILES string of the molecule is C=C1CCc2ccc(C(C)(C)C)nc2N1C(C)(C)C. The molecule has 0 atom stereocenters. The van der Waals surface area contributed by atoms with E-state index in [0.29, 0.717) is 0 Å². The van der Waals surface area contributed by atoms with E-state index in [2.05, 4.69) is 65.2 Å². The van der Waals surface area contributed by atoms with Crippen LogP contribution in [0.5, 0.6) is 0 Å². The summed E-state index contributed by atoms with van der Waals surface area (Å²) in [5.41, 5.74) is 3.77. The highest BCUT2D eigenvalue weighted by molar-refractivity contribution is 5.58. The molecule has 0 aliphatic carbocycles. The number of allylic oxidation sites excluding steroid dienone is 1. The number of pyridine rings is 1. The van der Waals surface area contributed by atoms with Crippen LogP contribution in [0.2, 0.25) is 0 Å². The number of rotatable bonds is 0. The maximum atomic E-state index is 4.95. The van der Waals surface area contributed by atoms with Crippen molar-refractivity contribution in [2.24, 2.45) is 0 Å². The third-order valence-corrected chi connectivity index (χ3v) is 3.61. The van der Waals surface area contributed by atoms with Gasteiger partial charge in [-0.15, -0.1) is 0 Å². The Balaban J connectivity index is 2.57. The zero-order valence-electron chi connectivity index (χ0n) is 13.2. The van der Waals surface area contributed by atoms with Crippen molar-refractivity contribution in [3.8, 4) is 0 Å². The molecule has 1 aromatic rings. The Morgan fingerprint density at radius 1 is 1.05 bits per heavy atom. The summed E-state index contributed by atoms with van der Waals surface area (Å²) in [6, 6.07) is 4.42. The Morgan fingerprint density at radius 2 is 1.68 bits per heavy atom. The van der Waals surface area contributed by atoms with Crippen LogP contribution in [-0.4, -0.2) is 10.5 Å². The molecule has 0 spiro atoms. The van der Waals surface area contributed by atoms with Crippen molar-refractivity contribution >= 4 is 5.82 Å². The zero-order chi connectivity index (χ0) is 14.4. The number of anilines is 1. The summed E-state index contributed by atoms with van der Waals surface area (Å²) in [7, 11) is 0. The van der Waals surface area contributed by atoms with E-state index in [9.17, 15) is 0 Å². The van der Waals surface area contributed by atoms with Crippen LogP contribution in [0.25, 0.3) is 0 Å². The molecule has 2 heteroatoms. The Bertz CT molecular complexity index is 501. The Labute approximate surface area is 117 Å². The molecular formula is C17H26N2. The van der Waals surface area contributed by atoms with Crippen LogP contribution in [0, 0.1) is 0 Å². The van der Waals surface area contributed by atoms with Gasteiger partial charge in [-0.2, -0.15) is 0 Å². The number of aromatic nitrogens is 1. The quantitative estimate of drug-likeness (QED) is 0.683. The summed E-state index contributed by atoms with van der Waals surface area (Å²) in [6.45, 7) is 17.5. The first kappa shape index (κ1) is 14.1. The van der Waals surface area contributed by atoms with E-state index in [1.165, 1.54) is 11.3 Å². The van der Waals surface area contributed by atoms with Crippen LogP contribution >= 0.6 is 0 Å². The molecule has 0 aromatic carbocycles. The van der Waals surface area contributed by atoms with Crippen LogP contribution in [0.3, 0.4) is 0 Å². The van der Waals surface area contributed by atoms with Gasteiger partial charge >= 0.3 is 0 Å². The predicted octanol–water partition coefficient (Wildman–Crippen LogP) is 4.44. The molecule has 0 N–H and O–H groups in total. The Kier molecular flexibility index (Phi) is 3.24. The standard InChI is InChI=1S/C17H26N2/c1-12-8-9-13-10-11-14(16(2,3)4)18-15(13)19(12)17(5,6)7/h10-11H,1,8-9H2,2-7H3. The van der Waals surface area contributed by atoms with Crippen molar-refractivity contribution in [3.05, 3.63) is 35.7 Å². The molecule has 1 aromatic heterocycles. The molecule has 0 radical (unpaired) electrons. The molecule has 2 nitrogen and oxygen atoms in total. The van der Waals surface area contributed by atoms with Gasteiger partial charge in [-0.3, -0.25) is 0 Å². The lowest BCUT2D eigenvalue weighted by Crippen LogP contribution is -2.43. The van der Waals surface area contributed by atoms with E-state index in [-0.39, 0.29) is 11.0 Å². The van der Waals surface area contributed by atoms with Crippen LogP contribution < -0.4 is 4.90 Å². The first-order chi connectivity index (χ1) is 8.60. The summed E-state index contributed by atoms with van der Waals surface area (Å²) in [6.07, 6.45) is 2.08. The van der Waals surface area contributed by atoms with Crippen LogP contribution in [0.1, 0.15) is 59.2 Å².